The molecular weight excluding hydrogens is 300 g/mol. The number of aryl methyl sites for hydroxylation is 1. The van der Waals surface area contributed by atoms with Crippen LogP contribution in [0.4, 0.5) is 11.6 Å². The fraction of sp³-hybridized carbons (Fsp3) is 0.333. The normalized spacial score (nSPS) is 10.3. The van der Waals surface area contributed by atoms with E-state index in [0.29, 0.717) is 30.2 Å². The number of benzene rings is 1. The second-order valence-electron chi connectivity index (χ2n) is 4.62. The molecule has 0 spiro atoms. The van der Waals surface area contributed by atoms with E-state index in [1.165, 1.54) is 0 Å². The zero-order chi connectivity index (χ0) is 16.7. The number of anilines is 2. The average molecular weight is 318 g/mol. The van der Waals surface area contributed by atoms with Gasteiger partial charge in [0.25, 0.3) is 5.56 Å². The second kappa shape index (κ2) is 8.04. The minimum Gasteiger partial charge on any atom is -0.460 e. The van der Waals surface area contributed by atoms with Crippen molar-refractivity contribution >= 4 is 17.6 Å². The van der Waals surface area contributed by atoms with Gasteiger partial charge in [-0.25, -0.2) is 4.79 Å². The predicted molar refractivity (Wildman–Crippen MR) is 83.9 cm³/mol. The standard InChI is InChI=1S/C15H18N4O4/c1-3-22-8-9-23-14(21)11-4-6-12(7-5-11)16-15-17-13(20)10(2)18-19-15/h4-7H,3,8-9H2,1-2H3,(H2,16,17,19,20). The Kier molecular flexibility index (Phi) is 5.81. The van der Waals surface area contributed by atoms with Crippen LogP contribution in [0, 0.1) is 6.92 Å². The van der Waals surface area contributed by atoms with E-state index in [2.05, 4.69) is 20.5 Å². The summed E-state index contributed by atoms with van der Waals surface area (Å²) < 4.78 is 10.2. The lowest BCUT2D eigenvalue weighted by molar-refractivity contribution is 0.0335. The molecule has 1 aromatic carbocycles. The third-order valence-corrected chi connectivity index (χ3v) is 2.91. The van der Waals surface area contributed by atoms with Crippen molar-refractivity contribution in [3.8, 4) is 0 Å². The summed E-state index contributed by atoms with van der Waals surface area (Å²) in [5.41, 5.74) is 1.07. The molecular formula is C15H18N4O4. The first kappa shape index (κ1) is 16.6. The van der Waals surface area contributed by atoms with Crippen LogP contribution in [0.3, 0.4) is 0 Å². The Morgan fingerprint density at radius 3 is 2.61 bits per heavy atom. The van der Waals surface area contributed by atoms with Crippen molar-refractivity contribution in [3.05, 3.63) is 45.9 Å². The summed E-state index contributed by atoms with van der Waals surface area (Å²) in [5, 5.41) is 10.5. The molecule has 0 radical (unpaired) electrons. The lowest BCUT2D eigenvalue weighted by Crippen LogP contribution is -2.15. The van der Waals surface area contributed by atoms with Crippen LogP contribution in [0.2, 0.25) is 0 Å². The van der Waals surface area contributed by atoms with Crippen molar-refractivity contribution in [2.24, 2.45) is 0 Å². The molecule has 8 nitrogen and oxygen atoms in total. The lowest BCUT2D eigenvalue weighted by atomic mass is 10.2. The van der Waals surface area contributed by atoms with Crippen LogP contribution in [0.15, 0.2) is 29.1 Å². The molecule has 0 aliphatic heterocycles. The molecule has 122 valence electrons. The molecule has 0 saturated carbocycles. The first-order valence-corrected chi connectivity index (χ1v) is 7.15. The smallest absolute Gasteiger partial charge is 0.338 e. The van der Waals surface area contributed by atoms with Gasteiger partial charge in [0, 0.05) is 12.3 Å². The molecule has 0 bridgehead atoms. The minimum atomic E-state index is -0.417. The van der Waals surface area contributed by atoms with Crippen LogP contribution < -0.4 is 10.9 Å². The van der Waals surface area contributed by atoms with Gasteiger partial charge >= 0.3 is 5.97 Å². The third-order valence-electron chi connectivity index (χ3n) is 2.91. The number of aromatic amines is 1. The molecule has 0 aliphatic rings. The summed E-state index contributed by atoms with van der Waals surface area (Å²) in [5.74, 6) is -0.188. The van der Waals surface area contributed by atoms with Gasteiger partial charge < -0.3 is 14.8 Å². The fourth-order valence-electron chi connectivity index (χ4n) is 1.70. The maximum absolute atomic E-state index is 11.8. The zero-order valence-electron chi connectivity index (χ0n) is 13.0. The van der Waals surface area contributed by atoms with E-state index in [-0.39, 0.29) is 18.1 Å². The number of carbonyl (C=O) groups is 1. The van der Waals surface area contributed by atoms with Crippen molar-refractivity contribution in [3.63, 3.8) is 0 Å². The summed E-state index contributed by atoms with van der Waals surface area (Å²) in [6.45, 7) is 4.62. The van der Waals surface area contributed by atoms with Crippen molar-refractivity contribution in [2.75, 3.05) is 25.1 Å². The molecule has 1 aromatic heterocycles. The molecule has 8 heteroatoms. The van der Waals surface area contributed by atoms with Gasteiger partial charge in [-0.05, 0) is 38.1 Å². The summed E-state index contributed by atoms with van der Waals surface area (Å²) in [4.78, 5) is 25.8. The fourth-order valence-corrected chi connectivity index (χ4v) is 1.70. The van der Waals surface area contributed by atoms with Crippen LogP contribution in [-0.2, 0) is 9.47 Å². The van der Waals surface area contributed by atoms with Gasteiger partial charge in [-0.2, -0.15) is 0 Å². The molecule has 0 fully saturated rings. The Morgan fingerprint density at radius 2 is 1.96 bits per heavy atom. The topological polar surface area (TPSA) is 106 Å². The van der Waals surface area contributed by atoms with Gasteiger partial charge in [0.05, 0.1) is 12.2 Å². The SMILES string of the molecule is CCOCCOC(=O)c1ccc(Nc2nnc(C)c(=O)[nH]2)cc1. The Morgan fingerprint density at radius 1 is 1.22 bits per heavy atom. The molecule has 2 aromatic rings. The Labute approximate surface area is 132 Å². The monoisotopic (exact) mass is 318 g/mol. The number of nitrogens with one attached hydrogen (secondary N) is 2. The van der Waals surface area contributed by atoms with Gasteiger partial charge in [0.2, 0.25) is 5.95 Å². The maximum Gasteiger partial charge on any atom is 0.338 e. The molecule has 0 atom stereocenters. The van der Waals surface area contributed by atoms with Crippen LogP contribution >= 0.6 is 0 Å². The van der Waals surface area contributed by atoms with Crippen LogP contribution in [0.25, 0.3) is 0 Å². The summed E-state index contributed by atoms with van der Waals surface area (Å²) in [6, 6.07) is 6.59. The number of hydrogen-bond acceptors (Lipinski definition) is 7. The van der Waals surface area contributed by atoms with Crippen LogP contribution in [0.1, 0.15) is 23.0 Å². The highest BCUT2D eigenvalue weighted by Crippen LogP contribution is 2.13. The van der Waals surface area contributed by atoms with E-state index in [1.54, 1.807) is 31.2 Å². The summed E-state index contributed by atoms with van der Waals surface area (Å²) in [6.07, 6.45) is 0. The molecule has 2 N–H and O–H groups in total. The zero-order valence-corrected chi connectivity index (χ0v) is 13.0. The van der Waals surface area contributed by atoms with Gasteiger partial charge in [0.15, 0.2) is 0 Å². The Hall–Kier alpha value is -2.74. The van der Waals surface area contributed by atoms with Gasteiger partial charge in [0.1, 0.15) is 12.3 Å². The highest BCUT2D eigenvalue weighted by atomic mass is 16.6. The first-order valence-electron chi connectivity index (χ1n) is 7.15. The number of hydrogen-bond donors (Lipinski definition) is 2. The number of carbonyl (C=O) groups excluding carboxylic acids is 1. The maximum atomic E-state index is 11.8. The summed E-state index contributed by atoms with van der Waals surface area (Å²) in [7, 11) is 0. The molecule has 2 rings (SSSR count). The van der Waals surface area contributed by atoms with Crippen LogP contribution in [-0.4, -0.2) is 41.0 Å². The summed E-state index contributed by atoms with van der Waals surface area (Å²) >= 11 is 0. The van der Waals surface area contributed by atoms with Crippen molar-refractivity contribution in [1.29, 1.82) is 0 Å². The van der Waals surface area contributed by atoms with Crippen LogP contribution in [0.5, 0.6) is 0 Å². The quantitative estimate of drug-likeness (QED) is 0.587. The van der Waals surface area contributed by atoms with Crippen molar-refractivity contribution < 1.29 is 14.3 Å². The van der Waals surface area contributed by atoms with Gasteiger partial charge in [-0.15, -0.1) is 10.2 Å². The number of esters is 1. The van der Waals surface area contributed by atoms with Gasteiger partial charge in [-0.1, -0.05) is 0 Å². The van der Waals surface area contributed by atoms with Gasteiger partial charge in [-0.3, -0.25) is 9.78 Å². The molecule has 0 saturated heterocycles. The highest BCUT2D eigenvalue weighted by Gasteiger charge is 2.07. The largest absolute Gasteiger partial charge is 0.460 e. The number of aromatic nitrogens is 3. The molecule has 0 aliphatic carbocycles. The average Bonchev–Trinajstić information content (AvgIpc) is 2.55. The molecule has 23 heavy (non-hydrogen) atoms. The van der Waals surface area contributed by atoms with E-state index in [1.807, 2.05) is 6.92 Å². The minimum absolute atomic E-state index is 0.215. The Balaban J connectivity index is 1.94. The van der Waals surface area contributed by atoms with E-state index >= 15 is 0 Å². The number of rotatable bonds is 7. The lowest BCUT2D eigenvalue weighted by Gasteiger charge is -2.07. The number of H-pyrrole nitrogens is 1. The Bertz CT molecular complexity index is 712. The third kappa shape index (κ3) is 4.89. The highest BCUT2D eigenvalue weighted by molar-refractivity contribution is 5.89. The number of ether oxygens (including phenoxy) is 2. The van der Waals surface area contributed by atoms with E-state index < -0.39 is 5.97 Å². The van der Waals surface area contributed by atoms with E-state index in [4.69, 9.17) is 9.47 Å². The molecule has 0 amide bonds. The van der Waals surface area contributed by atoms with E-state index in [0.717, 1.165) is 0 Å². The predicted octanol–water partition coefficient (Wildman–Crippen LogP) is 1.41. The molecule has 0 unspecified atom stereocenters. The first-order chi connectivity index (χ1) is 11.1. The van der Waals surface area contributed by atoms with Crippen molar-refractivity contribution in [1.82, 2.24) is 15.2 Å². The second-order valence-corrected chi connectivity index (χ2v) is 4.62. The van der Waals surface area contributed by atoms with Crippen molar-refractivity contribution in [2.45, 2.75) is 13.8 Å². The number of nitrogens with zero attached hydrogens (tertiary/aromatic N) is 2. The molecule has 1 heterocycles. The van der Waals surface area contributed by atoms with E-state index in [9.17, 15) is 9.59 Å².